The highest BCUT2D eigenvalue weighted by molar-refractivity contribution is 5.96. The molecule has 0 fully saturated rings. The molecule has 5 aromatic rings. The van der Waals surface area contributed by atoms with Crippen LogP contribution in [0.4, 0.5) is 5.82 Å². The number of nitrogens with two attached hydrogens (primary N) is 1. The van der Waals surface area contributed by atoms with E-state index in [4.69, 9.17) is 5.73 Å². The highest BCUT2D eigenvalue weighted by Gasteiger charge is 2.21. The van der Waals surface area contributed by atoms with Gasteiger partial charge >= 0.3 is 0 Å². The number of fused-ring (bicyclic) bond motifs is 1. The summed E-state index contributed by atoms with van der Waals surface area (Å²) in [5.41, 5.74) is 8.23. The minimum absolute atomic E-state index is 0.0247. The number of para-hydroxylation sites is 1. The van der Waals surface area contributed by atoms with E-state index in [1.807, 2.05) is 67.8 Å². The average molecular weight is 490 g/mol. The van der Waals surface area contributed by atoms with Crippen LogP contribution < -0.4 is 16.6 Å². The van der Waals surface area contributed by atoms with E-state index in [2.05, 4.69) is 32.2 Å². The lowest BCUT2D eigenvalue weighted by Gasteiger charge is -2.21. The van der Waals surface area contributed by atoms with Crippen LogP contribution in [0.2, 0.25) is 0 Å². The Labute approximate surface area is 212 Å². The summed E-state index contributed by atoms with van der Waals surface area (Å²) in [6.07, 6.45) is 6.31. The first-order chi connectivity index (χ1) is 17.9. The van der Waals surface area contributed by atoms with Gasteiger partial charge in [0, 0.05) is 42.6 Å². The van der Waals surface area contributed by atoms with Crippen molar-refractivity contribution in [3.63, 3.8) is 0 Å². The first-order valence-electron chi connectivity index (χ1n) is 11.5. The fraction of sp³-hybridized carbons (Fsp3) is 0.107. The molecular formula is C28H23N7O2. The van der Waals surface area contributed by atoms with E-state index >= 15 is 0 Å². The SMILES string of the molecule is C[C@@H](NC(=O)c1nccnc1N)c1cc2cccc(C#Cc3cnn(C)c3)c2c(=O)n1-c1ccccc1. The Morgan fingerprint density at radius 2 is 1.84 bits per heavy atom. The Kier molecular flexibility index (Phi) is 6.22. The maximum Gasteiger partial charge on any atom is 0.274 e. The average Bonchev–Trinajstić information content (AvgIpc) is 3.32. The van der Waals surface area contributed by atoms with E-state index in [0.717, 1.165) is 5.56 Å². The largest absolute Gasteiger partial charge is 0.382 e. The van der Waals surface area contributed by atoms with Crippen LogP contribution in [0.25, 0.3) is 16.5 Å². The smallest absolute Gasteiger partial charge is 0.274 e. The minimum Gasteiger partial charge on any atom is -0.382 e. The molecule has 37 heavy (non-hydrogen) atoms. The third kappa shape index (κ3) is 4.68. The molecule has 3 N–H and O–H groups in total. The monoisotopic (exact) mass is 489 g/mol. The van der Waals surface area contributed by atoms with Crippen LogP contribution in [0.1, 0.15) is 40.3 Å². The highest BCUT2D eigenvalue weighted by Crippen LogP contribution is 2.23. The van der Waals surface area contributed by atoms with E-state index in [9.17, 15) is 9.59 Å². The predicted molar refractivity (Wildman–Crippen MR) is 141 cm³/mol. The number of nitrogens with one attached hydrogen (secondary N) is 1. The topological polar surface area (TPSA) is 121 Å². The maximum atomic E-state index is 14.0. The number of hydrogen-bond donors (Lipinski definition) is 2. The van der Waals surface area contributed by atoms with E-state index in [1.54, 1.807) is 22.4 Å². The van der Waals surface area contributed by atoms with Crippen LogP contribution in [-0.4, -0.2) is 30.2 Å². The minimum atomic E-state index is -0.559. The third-order valence-electron chi connectivity index (χ3n) is 5.87. The summed E-state index contributed by atoms with van der Waals surface area (Å²) in [6.45, 7) is 1.80. The molecular weight excluding hydrogens is 466 g/mol. The molecule has 0 spiro atoms. The molecule has 0 saturated heterocycles. The first-order valence-corrected chi connectivity index (χ1v) is 11.5. The van der Waals surface area contributed by atoms with Crippen molar-refractivity contribution in [3.05, 3.63) is 112 Å². The maximum absolute atomic E-state index is 14.0. The van der Waals surface area contributed by atoms with Crippen molar-refractivity contribution >= 4 is 22.5 Å². The Morgan fingerprint density at radius 3 is 2.57 bits per heavy atom. The van der Waals surface area contributed by atoms with Crippen LogP contribution in [0.3, 0.4) is 0 Å². The van der Waals surface area contributed by atoms with Crippen LogP contribution in [-0.2, 0) is 7.05 Å². The number of rotatable bonds is 4. The van der Waals surface area contributed by atoms with Gasteiger partial charge in [0.15, 0.2) is 11.5 Å². The van der Waals surface area contributed by atoms with Crippen LogP contribution in [0.5, 0.6) is 0 Å². The number of carbonyl (C=O) groups excluding carboxylic acids is 1. The lowest BCUT2D eigenvalue weighted by molar-refractivity contribution is 0.0934. The van der Waals surface area contributed by atoms with Gasteiger partial charge < -0.3 is 11.1 Å². The Bertz CT molecular complexity index is 1740. The summed E-state index contributed by atoms with van der Waals surface area (Å²) >= 11 is 0. The second kappa shape index (κ2) is 9.79. The lowest BCUT2D eigenvalue weighted by atomic mass is 10.0. The van der Waals surface area contributed by atoms with Crippen LogP contribution >= 0.6 is 0 Å². The molecule has 0 radical (unpaired) electrons. The number of nitrogen functional groups attached to an aromatic ring is 1. The predicted octanol–water partition coefficient (Wildman–Crippen LogP) is 2.99. The third-order valence-corrected chi connectivity index (χ3v) is 5.87. The standard InChI is InChI=1S/C28H23N7O2/c1-18(33-27(36)25-26(29)31-14-13-30-25)23-15-21-8-6-7-20(12-11-19-16-32-34(2)17-19)24(21)28(37)35(23)22-9-4-3-5-10-22/h3-10,13-18H,1-2H3,(H2,29,31)(H,33,36)/t18-/m1/s1. The summed E-state index contributed by atoms with van der Waals surface area (Å²) in [5.74, 6) is 5.76. The van der Waals surface area contributed by atoms with Gasteiger partial charge in [-0.25, -0.2) is 9.97 Å². The summed E-state index contributed by atoms with van der Waals surface area (Å²) in [5, 5.41) is 8.24. The number of hydrogen-bond acceptors (Lipinski definition) is 6. The van der Waals surface area contributed by atoms with Crippen LogP contribution in [0, 0.1) is 11.8 Å². The molecule has 0 unspecified atom stereocenters. The number of carbonyl (C=O) groups is 1. The summed E-state index contributed by atoms with van der Waals surface area (Å²) in [6, 6.07) is 16.1. The fourth-order valence-corrected chi connectivity index (χ4v) is 4.14. The number of benzene rings is 2. The molecule has 0 bridgehead atoms. The molecule has 0 saturated carbocycles. The van der Waals surface area contributed by atoms with Gasteiger partial charge in [0.05, 0.1) is 23.2 Å². The summed E-state index contributed by atoms with van der Waals surface area (Å²) in [4.78, 5) is 34.9. The zero-order valence-corrected chi connectivity index (χ0v) is 20.2. The molecule has 9 nitrogen and oxygen atoms in total. The van der Waals surface area contributed by atoms with Gasteiger partial charge in [0.1, 0.15) is 0 Å². The van der Waals surface area contributed by atoms with Crippen LogP contribution in [0.15, 0.2) is 84.2 Å². The van der Waals surface area contributed by atoms with E-state index in [1.165, 1.54) is 12.4 Å². The van der Waals surface area contributed by atoms with Gasteiger partial charge in [-0.05, 0) is 36.6 Å². The molecule has 3 aromatic heterocycles. The number of nitrogens with zero attached hydrogens (tertiary/aromatic N) is 5. The number of pyridine rings is 1. The quantitative estimate of drug-likeness (QED) is 0.375. The number of aromatic nitrogens is 5. The van der Waals surface area contributed by atoms with Crippen molar-refractivity contribution in [3.8, 4) is 17.5 Å². The molecule has 2 aromatic carbocycles. The molecule has 182 valence electrons. The van der Waals surface area contributed by atoms with Gasteiger partial charge in [-0.1, -0.05) is 42.2 Å². The van der Waals surface area contributed by atoms with Crippen molar-refractivity contribution in [2.45, 2.75) is 13.0 Å². The molecule has 0 aliphatic heterocycles. The number of aryl methyl sites for hydroxylation is 1. The van der Waals surface area contributed by atoms with Crippen molar-refractivity contribution in [1.29, 1.82) is 0 Å². The van der Waals surface area contributed by atoms with Gasteiger partial charge in [0.2, 0.25) is 0 Å². The molecule has 5 rings (SSSR count). The van der Waals surface area contributed by atoms with Crippen molar-refractivity contribution < 1.29 is 4.79 Å². The molecule has 0 aliphatic rings. The molecule has 9 heteroatoms. The zero-order chi connectivity index (χ0) is 25.9. The zero-order valence-electron chi connectivity index (χ0n) is 20.2. The lowest BCUT2D eigenvalue weighted by Crippen LogP contribution is -2.33. The molecule has 1 amide bonds. The Morgan fingerprint density at radius 1 is 1.05 bits per heavy atom. The first kappa shape index (κ1) is 23.5. The molecule has 0 aliphatic carbocycles. The van der Waals surface area contributed by atoms with Gasteiger partial charge in [-0.2, -0.15) is 5.10 Å². The Hall–Kier alpha value is -5.23. The van der Waals surface area contributed by atoms with Gasteiger partial charge in [0.25, 0.3) is 11.5 Å². The van der Waals surface area contributed by atoms with Gasteiger partial charge in [-0.15, -0.1) is 0 Å². The summed E-state index contributed by atoms with van der Waals surface area (Å²) in [7, 11) is 1.82. The van der Waals surface area contributed by atoms with E-state index in [0.29, 0.717) is 27.7 Å². The highest BCUT2D eigenvalue weighted by atomic mass is 16.2. The van der Waals surface area contributed by atoms with Crippen molar-refractivity contribution in [1.82, 2.24) is 29.6 Å². The Balaban J connectivity index is 1.65. The van der Waals surface area contributed by atoms with Crippen molar-refractivity contribution in [2.75, 3.05) is 5.73 Å². The number of amides is 1. The van der Waals surface area contributed by atoms with Gasteiger partial charge in [-0.3, -0.25) is 18.8 Å². The second-order valence-electron chi connectivity index (χ2n) is 8.45. The normalized spacial score (nSPS) is 11.5. The molecule has 3 heterocycles. The number of anilines is 1. The molecule has 1 atom stereocenters. The van der Waals surface area contributed by atoms with E-state index < -0.39 is 11.9 Å². The summed E-state index contributed by atoms with van der Waals surface area (Å²) < 4.78 is 3.27. The van der Waals surface area contributed by atoms with Crippen molar-refractivity contribution in [2.24, 2.45) is 7.05 Å². The second-order valence-corrected chi connectivity index (χ2v) is 8.45. The van der Waals surface area contributed by atoms with E-state index in [-0.39, 0.29) is 17.1 Å². The fourth-order valence-electron chi connectivity index (χ4n) is 4.14.